The van der Waals surface area contributed by atoms with E-state index in [-0.39, 0.29) is 0 Å². The second-order valence-corrected chi connectivity index (χ2v) is 7.99. The van der Waals surface area contributed by atoms with Crippen LogP contribution < -0.4 is 10.4 Å². The number of fused-ring (bicyclic) bond motifs is 9. The Bertz CT molecular complexity index is 1600. The number of aromatic amines is 1. The molecule has 1 aliphatic heterocycles. The maximum Gasteiger partial charge on any atom is 0.0631 e. The SMILES string of the molecule is c1ccc(N2NCc3c2ccc2[nH]c4c(ccc5ccc6ccccc6c54)c32)cc1. The minimum Gasteiger partial charge on any atom is -0.354 e. The Kier molecular flexibility index (Phi) is 3.12. The summed E-state index contributed by atoms with van der Waals surface area (Å²) >= 11 is 0. The number of H-pyrrole nitrogens is 1. The van der Waals surface area contributed by atoms with Gasteiger partial charge >= 0.3 is 0 Å². The zero-order valence-electron chi connectivity index (χ0n) is 16.3. The van der Waals surface area contributed by atoms with Crippen molar-refractivity contribution in [3.63, 3.8) is 0 Å². The third-order valence-electron chi connectivity index (χ3n) is 6.40. The molecule has 142 valence electrons. The molecule has 0 bridgehead atoms. The van der Waals surface area contributed by atoms with Gasteiger partial charge < -0.3 is 4.98 Å². The third-order valence-corrected chi connectivity index (χ3v) is 6.40. The standard InChI is InChI=1S/C27H19N3/c1-2-7-19(8-3-1)30-24-15-14-23-26(22(24)16-28-30)21-13-12-18-11-10-17-6-4-5-9-20(17)25(18)27(21)29-23/h1-15,28-29H,16H2. The maximum atomic E-state index is 3.75. The average molecular weight is 385 g/mol. The van der Waals surface area contributed by atoms with Crippen LogP contribution in [0.1, 0.15) is 5.56 Å². The van der Waals surface area contributed by atoms with Crippen LogP contribution in [-0.4, -0.2) is 4.98 Å². The first-order chi connectivity index (χ1) is 14.9. The minimum atomic E-state index is 0.822. The molecular formula is C27H19N3. The molecule has 0 spiro atoms. The highest BCUT2D eigenvalue weighted by Crippen LogP contribution is 2.42. The van der Waals surface area contributed by atoms with Crippen molar-refractivity contribution in [2.24, 2.45) is 0 Å². The van der Waals surface area contributed by atoms with Gasteiger partial charge in [0.1, 0.15) is 0 Å². The highest BCUT2D eigenvalue weighted by Gasteiger charge is 2.24. The summed E-state index contributed by atoms with van der Waals surface area (Å²) in [6.07, 6.45) is 0. The summed E-state index contributed by atoms with van der Waals surface area (Å²) in [6, 6.07) is 32.6. The Morgan fingerprint density at radius 2 is 1.43 bits per heavy atom. The van der Waals surface area contributed by atoms with Crippen LogP contribution >= 0.6 is 0 Å². The summed E-state index contributed by atoms with van der Waals surface area (Å²) in [7, 11) is 0. The molecule has 3 nitrogen and oxygen atoms in total. The molecule has 2 N–H and O–H groups in total. The zero-order valence-corrected chi connectivity index (χ0v) is 16.3. The molecule has 5 aromatic carbocycles. The molecule has 0 unspecified atom stereocenters. The van der Waals surface area contributed by atoms with Gasteiger partial charge in [-0.25, -0.2) is 5.43 Å². The molecule has 2 heterocycles. The van der Waals surface area contributed by atoms with Gasteiger partial charge in [-0.1, -0.05) is 66.7 Å². The summed E-state index contributed by atoms with van der Waals surface area (Å²) in [4.78, 5) is 3.75. The van der Waals surface area contributed by atoms with Crippen LogP contribution in [0.4, 0.5) is 11.4 Å². The van der Waals surface area contributed by atoms with Crippen molar-refractivity contribution < 1.29 is 0 Å². The molecule has 1 aliphatic rings. The summed E-state index contributed by atoms with van der Waals surface area (Å²) in [5, 5.41) is 9.97. The van der Waals surface area contributed by atoms with Crippen molar-refractivity contribution in [1.29, 1.82) is 0 Å². The fourth-order valence-electron chi connectivity index (χ4n) is 5.06. The zero-order chi connectivity index (χ0) is 19.7. The van der Waals surface area contributed by atoms with Crippen molar-refractivity contribution in [3.05, 3.63) is 96.6 Å². The molecule has 0 aliphatic carbocycles. The molecule has 0 saturated carbocycles. The summed E-state index contributed by atoms with van der Waals surface area (Å²) in [5.74, 6) is 0. The van der Waals surface area contributed by atoms with E-state index in [0.717, 1.165) is 12.2 Å². The van der Waals surface area contributed by atoms with Crippen LogP contribution in [0, 0.1) is 0 Å². The van der Waals surface area contributed by atoms with Crippen LogP contribution in [-0.2, 0) is 6.54 Å². The van der Waals surface area contributed by atoms with E-state index < -0.39 is 0 Å². The summed E-state index contributed by atoms with van der Waals surface area (Å²) < 4.78 is 0. The molecule has 0 amide bonds. The molecule has 1 aromatic heterocycles. The first kappa shape index (κ1) is 16.0. The monoisotopic (exact) mass is 385 g/mol. The molecule has 7 rings (SSSR count). The van der Waals surface area contributed by atoms with E-state index >= 15 is 0 Å². The van der Waals surface area contributed by atoms with Crippen LogP contribution in [0.2, 0.25) is 0 Å². The number of anilines is 2. The molecule has 3 heteroatoms. The van der Waals surface area contributed by atoms with E-state index in [4.69, 9.17) is 0 Å². The molecule has 0 radical (unpaired) electrons. The van der Waals surface area contributed by atoms with Gasteiger partial charge in [0.2, 0.25) is 0 Å². The highest BCUT2D eigenvalue weighted by atomic mass is 15.5. The van der Waals surface area contributed by atoms with Gasteiger partial charge in [0, 0.05) is 33.8 Å². The largest absolute Gasteiger partial charge is 0.354 e. The smallest absolute Gasteiger partial charge is 0.0631 e. The lowest BCUT2D eigenvalue weighted by Crippen LogP contribution is -2.26. The second-order valence-electron chi connectivity index (χ2n) is 7.99. The number of para-hydroxylation sites is 1. The average Bonchev–Trinajstić information content (AvgIpc) is 3.40. The Morgan fingerprint density at radius 1 is 0.633 bits per heavy atom. The molecule has 0 fully saturated rings. The lowest BCUT2D eigenvalue weighted by molar-refractivity contribution is 0.767. The Hall–Kier alpha value is -3.82. The fourth-order valence-corrected chi connectivity index (χ4v) is 5.06. The van der Waals surface area contributed by atoms with Crippen LogP contribution in [0.25, 0.3) is 43.4 Å². The predicted molar refractivity (Wildman–Crippen MR) is 126 cm³/mol. The Morgan fingerprint density at radius 3 is 2.37 bits per heavy atom. The van der Waals surface area contributed by atoms with Crippen LogP contribution in [0.5, 0.6) is 0 Å². The van der Waals surface area contributed by atoms with Gasteiger partial charge in [-0.2, -0.15) is 0 Å². The fraction of sp³-hybridized carbons (Fsp3) is 0.0370. The first-order valence-corrected chi connectivity index (χ1v) is 10.3. The number of rotatable bonds is 1. The molecule has 30 heavy (non-hydrogen) atoms. The van der Waals surface area contributed by atoms with E-state index in [1.807, 2.05) is 0 Å². The van der Waals surface area contributed by atoms with Crippen molar-refractivity contribution in [2.75, 3.05) is 5.01 Å². The van der Waals surface area contributed by atoms with Crippen molar-refractivity contribution in [3.8, 4) is 0 Å². The van der Waals surface area contributed by atoms with Crippen LogP contribution in [0.3, 0.4) is 0 Å². The van der Waals surface area contributed by atoms with Gasteiger partial charge in [-0.05, 0) is 40.4 Å². The van der Waals surface area contributed by atoms with Gasteiger partial charge in [-0.3, -0.25) is 5.01 Å². The van der Waals surface area contributed by atoms with Gasteiger partial charge in [0.25, 0.3) is 0 Å². The highest BCUT2D eigenvalue weighted by molar-refractivity contribution is 6.25. The van der Waals surface area contributed by atoms with Crippen molar-refractivity contribution >= 4 is 54.7 Å². The van der Waals surface area contributed by atoms with E-state index in [0.29, 0.717) is 0 Å². The number of nitrogens with zero attached hydrogens (tertiary/aromatic N) is 1. The van der Waals surface area contributed by atoms with Gasteiger partial charge in [0.05, 0.1) is 16.9 Å². The molecule has 0 atom stereocenters. The Balaban J connectivity index is 1.57. The molecule has 6 aromatic rings. The predicted octanol–water partition coefficient (Wildman–Crippen LogP) is 6.78. The lowest BCUT2D eigenvalue weighted by Gasteiger charge is -2.19. The Labute approximate surface area is 173 Å². The number of aromatic nitrogens is 1. The number of hydrazine groups is 1. The molecular weight excluding hydrogens is 366 g/mol. The van der Waals surface area contributed by atoms with E-state index in [2.05, 4.69) is 106 Å². The third kappa shape index (κ3) is 2.07. The number of benzene rings is 5. The number of hydrogen-bond acceptors (Lipinski definition) is 2. The number of hydrogen-bond donors (Lipinski definition) is 2. The minimum absolute atomic E-state index is 0.822. The quantitative estimate of drug-likeness (QED) is 0.306. The lowest BCUT2D eigenvalue weighted by atomic mass is 9.98. The van der Waals surface area contributed by atoms with Crippen LogP contribution in [0.15, 0.2) is 91.0 Å². The van der Waals surface area contributed by atoms with E-state index in [9.17, 15) is 0 Å². The summed E-state index contributed by atoms with van der Waals surface area (Å²) in [5.41, 5.74) is 9.73. The van der Waals surface area contributed by atoms with E-state index in [1.165, 1.54) is 54.6 Å². The number of nitrogens with one attached hydrogen (secondary N) is 2. The second kappa shape index (κ2) is 5.85. The molecule has 0 saturated heterocycles. The first-order valence-electron chi connectivity index (χ1n) is 10.3. The van der Waals surface area contributed by atoms with E-state index in [1.54, 1.807) is 0 Å². The van der Waals surface area contributed by atoms with Gasteiger partial charge in [0.15, 0.2) is 0 Å². The van der Waals surface area contributed by atoms with Gasteiger partial charge in [-0.15, -0.1) is 0 Å². The van der Waals surface area contributed by atoms with Crippen molar-refractivity contribution in [2.45, 2.75) is 6.54 Å². The maximum absolute atomic E-state index is 3.75. The summed E-state index contributed by atoms with van der Waals surface area (Å²) in [6.45, 7) is 0.822. The van der Waals surface area contributed by atoms with Crippen molar-refractivity contribution in [1.82, 2.24) is 10.4 Å². The normalized spacial score (nSPS) is 13.7. The topological polar surface area (TPSA) is 31.1 Å².